The van der Waals surface area contributed by atoms with Crippen molar-refractivity contribution >= 4 is 29.0 Å². The fourth-order valence-corrected chi connectivity index (χ4v) is 2.93. The molecule has 1 N–H and O–H groups in total. The SMILES string of the molecule is O=C1CCN(c2cc(-c3cnc4ccc(Cl)nn34)ccn2)CCN1. The van der Waals surface area contributed by atoms with Gasteiger partial charge in [0.05, 0.1) is 11.9 Å². The highest BCUT2D eigenvalue weighted by Crippen LogP contribution is 2.24. The van der Waals surface area contributed by atoms with E-state index in [1.54, 1.807) is 23.0 Å². The van der Waals surface area contributed by atoms with Crippen molar-refractivity contribution < 1.29 is 4.79 Å². The van der Waals surface area contributed by atoms with Crippen molar-refractivity contribution in [1.82, 2.24) is 24.9 Å². The highest BCUT2D eigenvalue weighted by molar-refractivity contribution is 6.29. The number of rotatable bonds is 2. The Kier molecular flexibility index (Phi) is 3.78. The Balaban J connectivity index is 1.71. The Hall–Kier alpha value is -2.67. The lowest BCUT2D eigenvalue weighted by Gasteiger charge is -2.20. The Labute approximate surface area is 143 Å². The first kappa shape index (κ1) is 14.9. The monoisotopic (exact) mass is 342 g/mol. The van der Waals surface area contributed by atoms with Crippen LogP contribution in [-0.4, -0.2) is 45.1 Å². The van der Waals surface area contributed by atoms with Gasteiger partial charge in [0.1, 0.15) is 11.0 Å². The molecule has 0 atom stereocenters. The van der Waals surface area contributed by atoms with Gasteiger partial charge in [-0.25, -0.2) is 14.5 Å². The van der Waals surface area contributed by atoms with E-state index in [-0.39, 0.29) is 5.91 Å². The van der Waals surface area contributed by atoms with E-state index >= 15 is 0 Å². The summed E-state index contributed by atoms with van der Waals surface area (Å²) in [7, 11) is 0. The van der Waals surface area contributed by atoms with Gasteiger partial charge in [-0.3, -0.25) is 4.79 Å². The molecule has 7 nitrogen and oxygen atoms in total. The summed E-state index contributed by atoms with van der Waals surface area (Å²) in [5.74, 6) is 0.912. The van der Waals surface area contributed by atoms with Gasteiger partial charge < -0.3 is 10.2 Å². The van der Waals surface area contributed by atoms with Gasteiger partial charge in [-0.1, -0.05) is 11.6 Å². The molecule has 1 aliphatic rings. The van der Waals surface area contributed by atoms with E-state index in [2.05, 4.69) is 25.3 Å². The predicted molar refractivity (Wildman–Crippen MR) is 91.1 cm³/mol. The molecule has 4 heterocycles. The summed E-state index contributed by atoms with van der Waals surface area (Å²) in [6, 6.07) is 7.44. The molecule has 0 aliphatic carbocycles. The van der Waals surface area contributed by atoms with Gasteiger partial charge in [-0.05, 0) is 24.3 Å². The molecule has 0 radical (unpaired) electrons. The number of carbonyl (C=O) groups excluding carboxylic acids is 1. The zero-order valence-electron chi connectivity index (χ0n) is 12.8. The van der Waals surface area contributed by atoms with Gasteiger partial charge in [0.25, 0.3) is 0 Å². The van der Waals surface area contributed by atoms with Crippen LogP contribution >= 0.6 is 11.6 Å². The third-order valence-electron chi connectivity index (χ3n) is 4.01. The number of nitrogens with zero attached hydrogens (tertiary/aromatic N) is 5. The van der Waals surface area contributed by atoms with E-state index in [1.807, 2.05) is 18.2 Å². The molecule has 122 valence electrons. The van der Waals surface area contributed by atoms with Gasteiger partial charge in [0.2, 0.25) is 5.91 Å². The van der Waals surface area contributed by atoms with Crippen LogP contribution in [0.5, 0.6) is 0 Å². The first-order valence-electron chi connectivity index (χ1n) is 7.69. The summed E-state index contributed by atoms with van der Waals surface area (Å²) in [4.78, 5) is 22.4. The summed E-state index contributed by atoms with van der Waals surface area (Å²) < 4.78 is 1.72. The number of nitrogens with one attached hydrogen (secondary N) is 1. The second kappa shape index (κ2) is 6.09. The Bertz CT molecular complexity index is 908. The summed E-state index contributed by atoms with van der Waals surface area (Å²) in [6.45, 7) is 2.01. The van der Waals surface area contributed by atoms with Crippen LogP contribution in [0.4, 0.5) is 5.82 Å². The van der Waals surface area contributed by atoms with E-state index in [0.717, 1.165) is 29.3 Å². The average molecular weight is 343 g/mol. The van der Waals surface area contributed by atoms with Gasteiger partial charge in [-0.2, -0.15) is 5.10 Å². The molecule has 0 unspecified atom stereocenters. The third kappa shape index (κ3) is 2.78. The second-order valence-electron chi connectivity index (χ2n) is 5.56. The molecule has 1 aliphatic heterocycles. The number of carbonyl (C=O) groups is 1. The fraction of sp³-hybridized carbons (Fsp3) is 0.250. The van der Waals surface area contributed by atoms with Crippen LogP contribution in [0.25, 0.3) is 16.9 Å². The Morgan fingerprint density at radius 1 is 1.17 bits per heavy atom. The normalized spacial score (nSPS) is 15.4. The molecule has 0 saturated carbocycles. The average Bonchev–Trinajstić information content (AvgIpc) is 2.88. The van der Waals surface area contributed by atoms with E-state index in [1.165, 1.54) is 0 Å². The zero-order valence-corrected chi connectivity index (χ0v) is 13.6. The molecule has 3 aromatic rings. The van der Waals surface area contributed by atoms with Gasteiger partial charge >= 0.3 is 0 Å². The molecule has 8 heteroatoms. The molecule has 1 amide bonds. The lowest BCUT2D eigenvalue weighted by molar-refractivity contribution is -0.120. The van der Waals surface area contributed by atoms with E-state index in [4.69, 9.17) is 11.6 Å². The quantitative estimate of drug-likeness (QED) is 0.768. The fourth-order valence-electron chi connectivity index (χ4n) is 2.79. The molecule has 4 rings (SSSR count). The van der Waals surface area contributed by atoms with Crippen LogP contribution in [0.3, 0.4) is 0 Å². The van der Waals surface area contributed by atoms with Crippen molar-refractivity contribution in [2.75, 3.05) is 24.5 Å². The van der Waals surface area contributed by atoms with Crippen molar-refractivity contribution in [2.45, 2.75) is 6.42 Å². The lowest BCUT2D eigenvalue weighted by atomic mass is 10.2. The van der Waals surface area contributed by atoms with E-state index in [0.29, 0.717) is 24.7 Å². The maximum atomic E-state index is 11.5. The van der Waals surface area contributed by atoms with Gasteiger partial charge in [-0.15, -0.1) is 0 Å². The lowest BCUT2D eigenvalue weighted by Crippen LogP contribution is -2.28. The van der Waals surface area contributed by atoms with E-state index in [9.17, 15) is 4.79 Å². The predicted octanol–water partition coefficient (Wildman–Crippen LogP) is 1.77. The van der Waals surface area contributed by atoms with E-state index < -0.39 is 0 Å². The number of amides is 1. The largest absolute Gasteiger partial charge is 0.354 e. The molecular formula is C16H15ClN6O. The summed E-state index contributed by atoms with van der Waals surface area (Å²) in [5.41, 5.74) is 2.53. The highest BCUT2D eigenvalue weighted by atomic mass is 35.5. The standard InChI is InChI=1S/C16H15ClN6O/c17-13-1-2-14-20-10-12(23(14)21-13)11-3-5-18-15(9-11)22-7-4-16(24)19-6-8-22/h1-3,5,9-10H,4,6-8H2,(H,19,24). The minimum Gasteiger partial charge on any atom is -0.354 e. The van der Waals surface area contributed by atoms with Crippen molar-refractivity contribution in [3.63, 3.8) is 0 Å². The highest BCUT2D eigenvalue weighted by Gasteiger charge is 2.16. The molecule has 0 spiro atoms. The number of hydrogen-bond acceptors (Lipinski definition) is 5. The zero-order chi connectivity index (χ0) is 16.5. The minimum atomic E-state index is 0.0780. The first-order chi connectivity index (χ1) is 11.7. The minimum absolute atomic E-state index is 0.0780. The van der Waals surface area contributed by atoms with Crippen molar-refractivity contribution in [1.29, 1.82) is 0 Å². The number of anilines is 1. The first-order valence-corrected chi connectivity index (χ1v) is 8.07. The number of fused-ring (bicyclic) bond motifs is 1. The van der Waals surface area contributed by atoms with Crippen LogP contribution in [0.2, 0.25) is 5.15 Å². The maximum absolute atomic E-state index is 11.5. The van der Waals surface area contributed by atoms with Crippen LogP contribution in [0, 0.1) is 0 Å². The number of hydrogen-bond donors (Lipinski definition) is 1. The number of pyridine rings is 1. The second-order valence-corrected chi connectivity index (χ2v) is 5.95. The summed E-state index contributed by atoms with van der Waals surface area (Å²) in [5, 5.41) is 7.59. The Morgan fingerprint density at radius 2 is 2.08 bits per heavy atom. The van der Waals surface area contributed by atoms with Crippen molar-refractivity contribution in [2.24, 2.45) is 0 Å². The van der Waals surface area contributed by atoms with Crippen LogP contribution < -0.4 is 10.2 Å². The number of aromatic nitrogens is 4. The Morgan fingerprint density at radius 3 is 3.00 bits per heavy atom. The van der Waals surface area contributed by atoms with Crippen LogP contribution in [0.15, 0.2) is 36.7 Å². The maximum Gasteiger partial charge on any atom is 0.221 e. The smallest absolute Gasteiger partial charge is 0.221 e. The van der Waals surface area contributed by atoms with Gasteiger partial charge in [0.15, 0.2) is 5.65 Å². The summed E-state index contributed by atoms with van der Waals surface area (Å²) in [6.07, 6.45) is 4.00. The third-order valence-corrected chi connectivity index (χ3v) is 4.21. The van der Waals surface area contributed by atoms with Crippen molar-refractivity contribution in [3.05, 3.63) is 41.8 Å². The van der Waals surface area contributed by atoms with Crippen molar-refractivity contribution in [3.8, 4) is 11.3 Å². The van der Waals surface area contributed by atoms with Crippen LogP contribution in [-0.2, 0) is 4.79 Å². The number of halogens is 1. The molecule has 1 fully saturated rings. The van der Waals surface area contributed by atoms with Gasteiger partial charge in [0, 0.05) is 37.8 Å². The molecular weight excluding hydrogens is 328 g/mol. The molecule has 3 aromatic heterocycles. The number of imidazole rings is 1. The molecule has 1 saturated heterocycles. The summed E-state index contributed by atoms with van der Waals surface area (Å²) >= 11 is 6.00. The van der Waals surface area contributed by atoms with Crippen LogP contribution in [0.1, 0.15) is 6.42 Å². The molecule has 24 heavy (non-hydrogen) atoms. The molecule has 0 aromatic carbocycles. The topological polar surface area (TPSA) is 75.4 Å². The molecule has 0 bridgehead atoms.